The van der Waals surface area contributed by atoms with E-state index in [1.807, 2.05) is 0 Å². The molecule has 0 spiro atoms. The summed E-state index contributed by atoms with van der Waals surface area (Å²) in [5.74, 6) is 0. The van der Waals surface area contributed by atoms with E-state index in [4.69, 9.17) is 0 Å². The Hall–Kier alpha value is -1.28. The van der Waals surface area contributed by atoms with E-state index in [2.05, 4.69) is 55.3 Å². The van der Waals surface area contributed by atoms with Crippen LogP contribution in [0.3, 0.4) is 0 Å². The Morgan fingerprint density at radius 3 is 2.53 bits per heavy atom. The van der Waals surface area contributed by atoms with Gasteiger partial charge >= 0.3 is 0 Å². The third-order valence-electron chi connectivity index (χ3n) is 3.55. The summed E-state index contributed by atoms with van der Waals surface area (Å²) in [4.78, 5) is 2.45. The van der Waals surface area contributed by atoms with Crippen LogP contribution in [0.15, 0.2) is 35.4 Å². The third kappa shape index (κ3) is 2.70. The predicted octanol–water partition coefficient (Wildman–Crippen LogP) is 2.74. The summed E-state index contributed by atoms with van der Waals surface area (Å²) in [5, 5.41) is 3.31. The summed E-state index contributed by atoms with van der Waals surface area (Å²) < 4.78 is 0. The molecular formula is C15H22N2. The molecule has 0 aliphatic carbocycles. The van der Waals surface area contributed by atoms with Crippen LogP contribution in [0.1, 0.15) is 19.4 Å². The lowest BCUT2D eigenvalue weighted by molar-refractivity contribution is 0.651. The first kappa shape index (κ1) is 12.2. The average Bonchev–Trinajstić information content (AvgIpc) is 2.24. The lowest BCUT2D eigenvalue weighted by Crippen LogP contribution is -2.37. The Morgan fingerprint density at radius 1 is 1.29 bits per heavy atom. The maximum Gasteiger partial charge on any atom is 0.0398 e. The number of hydrogen-bond donors (Lipinski definition) is 1. The Morgan fingerprint density at radius 2 is 2.00 bits per heavy atom. The Bertz CT molecular complexity index is 415. The minimum Gasteiger partial charge on any atom is -0.368 e. The normalized spacial score (nSPS) is 14.4. The first-order valence-electron chi connectivity index (χ1n) is 6.41. The lowest BCUT2D eigenvalue weighted by atomic mass is 10.0. The molecule has 1 aromatic rings. The number of nitrogens with one attached hydrogen (secondary N) is 1. The smallest absolute Gasteiger partial charge is 0.0398 e. The first-order chi connectivity index (χ1) is 8.22. The van der Waals surface area contributed by atoms with Gasteiger partial charge in [-0.15, -0.1) is 0 Å². The zero-order chi connectivity index (χ0) is 12.3. The molecule has 1 aliphatic rings. The van der Waals surface area contributed by atoms with Gasteiger partial charge in [0.15, 0.2) is 0 Å². The van der Waals surface area contributed by atoms with E-state index < -0.39 is 0 Å². The fraction of sp³-hybridized carbons (Fsp3) is 0.467. The van der Waals surface area contributed by atoms with E-state index in [0.717, 1.165) is 26.2 Å². The molecule has 2 rings (SSSR count). The van der Waals surface area contributed by atoms with Crippen molar-refractivity contribution in [2.75, 3.05) is 31.1 Å². The van der Waals surface area contributed by atoms with Gasteiger partial charge in [0, 0.05) is 31.9 Å². The number of hydrogen-bond acceptors (Lipinski definition) is 2. The number of likely N-dealkylation sites (N-methyl/N-ethyl adjacent to an activating group) is 1. The van der Waals surface area contributed by atoms with E-state index in [-0.39, 0.29) is 0 Å². The third-order valence-corrected chi connectivity index (χ3v) is 3.55. The molecule has 0 radical (unpaired) electrons. The highest BCUT2D eigenvalue weighted by molar-refractivity contribution is 5.54. The van der Waals surface area contributed by atoms with Gasteiger partial charge in [0.05, 0.1) is 0 Å². The second-order valence-electron chi connectivity index (χ2n) is 4.79. The monoisotopic (exact) mass is 230 g/mol. The molecule has 2 heteroatoms. The first-order valence-corrected chi connectivity index (χ1v) is 6.41. The van der Waals surface area contributed by atoms with Gasteiger partial charge in [-0.3, -0.25) is 0 Å². The fourth-order valence-electron chi connectivity index (χ4n) is 2.24. The molecular weight excluding hydrogens is 208 g/mol. The second-order valence-corrected chi connectivity index (χ2v) is 4.79. The SMILES string of the molecule is CCN(CC(C)=C1CNC1)c1ccccc1C. The van der Waals surface area contributed by atoms with Crippen LogP contribution in [-0.2, 0) is 0 Å². The summed E-state index contributed by atoms with van der Waals surface area (Å²) >= 11 is 0. The van der Waals surface area contributed by atoms with Crippen LogP contribution in [0.2, 0.25) is 0 Å². The number of nitrogens with zero attached hydrogens (tertiary/aromatic N) is 1. The largest absolute Gasteiger partial charge is 0.368 e. The molecule has 1 fully saturated rings. The molecule has 92 valence electrons. The molecule has 0 amide bonds. The van der Waals surface area contributed by atoms with Gasteiger partial charge in [0.1, 0.15) is 0 Å². The summed E-state index contributed by atoms with van der Waals surface area (Å²) in [6, 6.07) is 8.63. The quantitative estimate of drug-likeness (QED) is 0.800. The van der Waals surface area contributed by atoms with Crippen molar-refractivity contribution < 1.29 is 0 Å². The van der Waals surface area contributed by atoms with Crippen molar-refractivity contribution in [3.63, 3.8) is 0 Å². The minimum atomic E-state index is 1.05. The van der Waals surface area contributed by atoms with E-state index in [0.29, 0.717) is 0 Å². The van der Waals surface area contributed by atoms with Crippen LogP contribution in [0.4, 0.5) is 5.69 Å². The van der Waals surface area contributed by atoms with Crippen LogP contribution in [0, 0.1) is 6.92 Å². The van der Waals surface area contributed by atoms with Crippen molar-refractivity contribution in [2.24, 2.45) is 0 Å². The highest BCUT2D eigenvalue weighted by atomic mass is 15.1. The topological polar surface area (TPSA) is 15.3 Å². The molecule has 0 unspecified atom stereocenters. The van der Waals surface area contributed by atoms with Gasteiger partial charge in [-0.25, -0.2) is 0 Å². The van der Waals surface area contributed by atoms with Crippen LogP contribution in [0.5, 0.6) is 0 Å². The number of aryl methyl sites for hydroxylation is 1. The van der Waals surface area contributed by atoms with E-state index in [1.165, 1.54) is 16.8 Å². The zero-order valence-corrected chi connectivity index (χ0v) is 11.1. The maximum absolute atomic E-state index is 3.31. The summed E-state index contributed by atoms with van der Waals surface area (Å²) in [5.41, 5.74) is 5.83. The molecule has 2 nitrogen and oxygen atoms in total. The van der Waals surface area contributed by atoms with Crippen LogP contribution in [-0.4, -0.2) is 26.2 Å². The summed E-state index contributed by atoms with van der Waals surface area (Å²) in [6.45, 7) is 10.9. The number of para-hydroxylation sites is 1. The van der Waals surface area contributed by atoms with E-state index in [9.17, 15) is 0 Å². The molecule has 1 aliphatic heterocycles. The van der Waals surface area contributed by atoms with Crippen molar-refractivity contribution >= 4 is 5.69 Å². The van der Waals surface area contributed by atoms with Crippen LogP contribution >= 0.6 is 0 Å². The van der Waals surface area contributed by atoms with Crippen LogP contribution < -0.4 is 10.2 Å². The van der Waals surface area contributed by atoms with E-state index >= 15 is 0 Å². The molecule has 0 bridgehead atoms. The molecule has 1 aromatic carbocycles. The van der Waals surface area contributed by atoms with Gasteiger partial charge < -0.3 is 10.2 Å². The standard InChI is InChI=1S/C15H22N2/c1-4-17(11-13(3)14-9-16-10-14)15-8-6-5-7-12(15)2/h5-8,16H,4,9-11H2,1-3H3. The van der Waals surface area contributed by atoms with Crippen molar-refractivity contribution in [3.8, 4) is 0 Å². The van der Waals surface area contributed by atoms with Gasteiger partial charge in [0.2, 0.25) is 0 Å². The molecule has 1 N–H and O–H groups in total. The van der Waals surface area contributed by atoms with Crippen LogP contribution in [0.25, 0.3) is 0 Å². The predicted molar refractivity (Wildman–Crippen MR) is 74.6 cm³/mol. The maximum atomic E-state index is 3.31. The van der Waals surface area contributed by atoms with Crippen molar-refractivity contribution in [1.82, 2.24) is 5.32 Å². The van der Waals surface area contributed by atoms with Crippen molar-refractivity contribution in [3.05, 3.63) is 41.0 Å². The Labute approximate surface area is 104 Å². The summed E-state index contributed by atoms with van der Waals surface area (Å²) in [7, 11) is 0. The molecule has 1 heterocycles. The zero-order valence-electron chi connectivity index (χ0n) is 11.1. The Balaban J connectivity index is 2.14. The van der Waals surface area contributed by atoms with Gasteiger partial charge in [-0.2, -0.15) is 0 Å². The minimum absolute atomic E-state index is 1.05. The van der Waals surface area contributed by atoms with Gasteiger partial charge in [0.25, 0.3) is 0 Å². The number of benzene rings is 1. The average molecular weight is 230 g/mol. The van der Waals surface area contributed by atoms with Crippen molar-refractivity contribution in [1.29, 1.82) is 0 Å². The second kappa shape index (κ2) is 5.37. The molecule has 0 atom stereocenters. The van der Waals surface area contributed by atoms with E-state index in [1.54, 1.807) is 5.57 Å². The highest BCUT2D eigenvalue weighted by Gasteiger charge is 2.13. The molecule has 0 aromatic heterocycles. The Kier molecular flexibility index (Phi) is 3.85. The number of rotatable bonds is 4. The van der Waals surface area contributed by atoms with Gasteiger partial charge in [-0.1, -0.05) is 23.8 Å². The number of anilines is 1. The summed E-state index contributed by atoms with van der Waals surface area (Å²) in [6.07, 6.45) is 0. The fourth-order valence-corrected chi connectivity index (χ4v) is 2.24. The lowest BCUT2D eigenvalue weighted by Gasteiger charge is -2.29. The van der Waals surface area contributed by atoms with Crippen molar-refractivity contribution in [2.45, 2.75) is 20.8 Å². The molecule has 0 saturated carbocycles. The molecule has 1 saturated heterocycles. The van der Waals surface area contributed by atoms with Gasteiger partial charge in [-0.05, 0) is 38.0 Å². The highest BCUT2D eigenvalue weighted by Crippen LogP contribution is 2.21. The molecule has 17 heavy (non-hydrogen) atoms.